The third-order valence-corrected chi connectivity index (χ3v) is 4.36. The Kier molecular flexibility index (Phi) is 6.17. The van der Waals surface area contributed by atoms with Crippen molar-refractivity contribution in [3.63, 3.8) is 0 Å². The van der Waals surface area contributed by atoms with E-state index in [1.807, 2.05) is 0 Å². The SMILES string of the molecule is COC(=O)NS(=O)(=O)N1CCCC(CNCC(=O)O)C1. The van der Waals surface area contributed by atoms with Gasteiger partial charge in [0, 0.05) is 13.1 Å². The van der Waals surface area contributed by atoms with Crippen LogP contribution in [0.2, 0.25) is 0 Å². The van der Waals surface area contributed by atoms with Crippen molar-refractivity contribution >= 4 is 22.3 Å². The molecule has 1 unspecified atom stereocenters. The summed E-state index contributed by atoms with van der Waals surface area (Å²) < 4.78 is 31.0. The monoisotopic (exact) mass is 309 g/mol. The maximum atomic E-state index is 11.9. The van der Waals surface area contributed by atoms with Gasteiger partial charge in [-0.1, -0.05) is 0 Å². The van der Waals surface area contributed by atoms with Gasteiger partial charge in [-0.15, -0.1) is 0 Å². The lowest BCUT2D eigenvalue weighted by Gasteiger charge is -2.31. The molecule has 20 heavy (non-hydrogen) atoms. The van der Waals surface area contributed by atoms with Crippen molar-refractivity contribution in [3.05, 3.63) is 0 Å². The van der Waals surface area contributed by atoms with Crippen LogP contribution in [0.5, 0.6) is 0 Å². The number of carbonyl (C=O) groups is 2. The van der Waals surface area contributed by atoms with Gasteiger partial charge in [0.05, 0.1) is 13.7 Å². The predicted octanol–water partition coefficient (Wildman–Crippen LogP) is -1.03. The molecule has 0 saturated carbocycles. The second-order valence-corrected chi connectivity index (χ2v) is 6.16. The third kappa shape index (κ3) is 5.31. The summed E-state index contributed by atoms with van der Waals surface area (Å²) in [5.74, 6) is -0.949. The van der Waals surface area contributed by atoms with E-state index in [4.69, 9.17) is 5.11 Å². The van der Waals surface area contributed by atoms with Crippen molar-refractivity contribution in [1.82, 2.24) is 14.3 Å². The third-order valence-electron chi connectivity index (χ3n) is 2.93. The molecule has 0 aliphatic carbocycles. The minimum Gasteiger partial charge on any atom is -0.480 e. The number of carbonyl (C=O) groups excluding carboxylic acids is 1. The predicted molar refractivity (Wildman–Crippen MR) is 69.3 cm³/mol. The number of methoxy groups -OCH3 is 1. The Balaban J connectivity index is 2.51. The van der Waals surface area contributed by atoms with Gasteiger partial charge in [0.25, 0.3) is 0 Å². The van der Waals surface area contributed by atoms with Gasteiger partial charge in [0.1, 0.15) is 0 Å². The summed E-state index contributed by atoms with van der Waals surface area (Å²) >= 11 is 0. The minimum absolute atomic E-state index is 0.0114. The number of nitrogens with zero attached hydrogens (tertiary/aromatic N) is 1. The molecule has 0 radical (unpaired) electrons. The Hall–Kier alpha value is -1.39. The Morgan fingerprint density at radius 1 is 1.45 bits per heavy atom. The number of amides is 1. The van der Waals surface area contributed by atoms with Crippen molar-refractivity contribution < 1.29 is 27.9 Å². The minimum atomic E-state index is -3.90. The van der Waals surface area contributed by atoms with Gasteiger partial charge in [-0.2, -0.15) is 12.7 Å². The second kappa shape index (κ2) is 7.41. The topological polar surface area (TPSA) is 125 Å². The summed E-state index contributed by atoms with van der Waals surface area (Å²) in [6.45, 7) is 0.806. The van der Waals surface area contributed by atoms with Crippen LogP contribution in [0.3, 0.4) is 0 Å². The fraction of sp³-hybridized carbons (Fsp3) is 0.800. The first-order chi connectivity index (χ1) is 9.35. The van der Waals surface area contributed by atoms with E-state index >= 15 is 0 Å². The molecular formula is C10H19N3O6S. The quantitative estimate of drug-likeness (QED) is 0.573. The van der Waals surface area contributed by atoms with Crippen LogP contribution in [-0.2, 0) is 19.7 Å². The van der Waals surface area contributed by atoms with E-state index in [2.05, 4.69) is 10.1 Å². The molecule has 1 heterocycles. The number of rotatable bonds is 6. The van der Waals surface area contributed by atoms with Crippen LogP contribution in [0.4, 0.5) is 4.79 Å². The van der Waals surface area contributed by atoms with Crippen molar-refractivity contribution in [3.8, 4) is 0 Å². The highest BCUT2D eigenvalue weighted by Crippen LogP contribution is 2.17. The van der Waals surface area contributed by atoms with E-state index in [1.54, 1.807) is 4.72 Å². The van der Waals surface area contributed by atoms with E-state index in [-0.39, 0.29) is 19.0 Å². The Labute approximate surface area is 117 Å². The molecule has 1 fully saturated rings. The smallest absolute Gasteiger partial charge is 0.421 e. The molecule has 1 amide bonds. The summed E-state index contributed by atoms with van der Waals surface area (Å²) in [5.41, 5.74) is 0. The maximum Gasteiger partial charge on any atom is 0.421 e. The molecule has 0 bridgehead atoms. The number of hydrogen-bond acceptors (Lipinski definition) is 6. The summed E-state index contributed by atoms with van der Waals surface area (Å²) in [7, 11) is -2.82. The van der Waals surface area contributed by atoms with Gasteiger partial charge < -0.3 is 15.2 Å². The molecule has 1 aliphatic rings. The van der Waals surface area contributed by atoms with E-state index in [9.17, 15) is 18.0 Å². The zero-order valence-corrected chi connectivity index (χ0v) is 12.0. The lowest BCUT2D eigenvalue weighted by molar-refractivity contribution is -0.136. The number of aliphatic carboxylic acids is 1. The molecule has 9 nitrogen and oxygen atoms in total. The molecule has 0 aromatic carbocycles. The zero-order valence-electron chi connectivity index (χ0n) is 11.2. The summed E-state index contributed by atoms with van der Waals surface area (Å²) in [4.78, 5) is 21.4. The lowest BCUT2D eigenvalue weighted by atomic mass is 10.00. The van der Waals surface area contributed by atoms with Gasteiger partial charge in [-0.3, -0.25) is 4.79 Å². The van der Waals surface area contributed by atoms with Crippen molar-refractivity contribution in [2.75, 3.05) is 33.3 Å². The van der Waals surface area contributed by atoms with Crippen molar-refractivity contribution in [1.29, 1.82) is 0 Å². The lowest BCUT2D eigenvalue weighted by Crippen LogP contribution is -2.49. The first kappa shape index (κ1) is 16.7. The van der Waals surface area contributed by atoms with Gasteiger partial charge in [-0.05, 0) is 25.3 Å². The van der Waals surface area contributed by atoms with Crippen LogP contribution >= 0.6 is 0 Å². The first-order valence-electron chi connectivity index (χ1n) is 6.13. The largest absolute Gasteiger partial charge is 0.480 e. The maximum absolute atomic E-state index is 11.9. The molecule has 116 valence electrons. The second-order valence-electron chi connectivity index (χ2n) is 4.49. The number of nitrogens with one attached hydrogen (secondary N) is 2. The highest BCUT2D eigenvalue weighted by molar-refractivity contribution is 7.87. The molecule has 0 spiro atoms. The van der Waals surface area contributed by atoms with Gasteiger partial charge in [0.15, 0.2) is 0 Å². The number of carboxylic acid groups (broad SMARTS) is 1. The molecule has 3 N–H and O–H groups in total. The van der Waals surface area contributed by atoms with Gasteiger partial charge in [-0.25, -0.2) is 9.52 Å². The van der Waals surface area contributed by atoms with Crippen LogP contribution < -0.4 is 10.0 Å². The van der Waals surface area contributed by atoms with E-state index in [1.165, 1.54) is 4.31 Å². The zero-order chi connectivity index (χ0) is 15.2. The molecule has 10 heteroatoms. The fourth-order valence-corrected chi connectivity index (χ4v) is 3.21. The van der Waals surface area contributed by atoms with Crippen LogP contribution in [-0.4, -0.2) is 63.2 Å². The fourth-order valence-electron chi connectivity index (χ4n) is 2.01. The molecule has 1 aliphatic heterocycles. The number of piperidine rings is 1. The van der Waals surface area contributed by atoms with Crippen LogP contribution in [0.15, 0.2) is 0 Å². The van der Waals surface area contributed by atoms with E-state index < -0.39 is 22.3 Å². The molecule has 1 atom stereocenters. The summed E-state index contributed by atoms with van der Waals surface area (Å²) in [6, 6.07) is 0. The number of hydrogen-bond donors (Lipinski definition) is 3. The molecular weight excluding hydrogens is 290 g/mol. The standard InChI is InChI=1S/C10H19N3O6S/c1-19-10(16)12-20(17,18)13-4-2-3-8(7-13)5-11-6-9(14)15/h8,11H,2-7H2,1H3,(H,12,16)(H,14,15). The number of ether oxygens (including phenoxy) is 1. The Bertz CT molecular complexity index is 452. The van der Waals surface area contributed by atoms with Crippen molar-refractivity contribution in [2.24, 2.45) is 5.92 Å². The van der Waals surface area contributed by atoms with E-state index in [0.717, 1.165) is 13.5 Å². The summed E-state index contributed by atoms with van der Waals surface area (Å²) in [5, 5.41) is 11.3. The van der Waals surface area contributed by atoms with E-state index in [0.29, 0.717) is 19.5 Å². The Morgan fingerprint density at radius 2 is 2.15 bits per heavy atom. The van der Waals surface area contributed by atoms with Gasteiger partial charge >= 0.3 is 22.3 Å². The molecule has 1 rings (SSSR count). The first-order valence-corrected chi connectivity index (χ1v) is 7.57. The molecule has 0 aromatic heterocycles. The highest BCUT2D eigenvalue weighted by atomic mass is 32.2. The average molecular weight is 309 g/mol. The van der Waals surface area contributed by atoms with Crippen LogP contribution in [0, 0.1) is 5.92 Å². The highest BCUT2D eigenvalue weighted by Gasteiger charge is 2.30. The molecule has 1 saturated heterocycles. The number of carboxylic acids is 1. The average Bonchev–Trinajstić information content (AvgIpc) is 2.38. The summed E-state index contributed by atoms with van der Waals surface area (Å²) in [6.07, 6.45) is 0.425. The van der Waals surface area contributed by atoms with Gasteiger partial charge in [0.2, 0.25) is 0 Å². The van der Waals surface area contributed by atoms with Crippen LogP contribution in [0.25, 0.3) is 0 Å². The van der Waals surface area contributed by atoms with Crippen molar-refractivity contribution in [2.45, 2.75) is 12.8 Å². The molecule has 0 aromatic rings. The normalized spacial score (nSPS) is 20.4. The van der Waals surface area contributed by atoms with Crippen LogP contribution in [0.1, 0.15) is 12.8 Å². The Morgan fingerprint density at radius 3 is 2.75 bits per heavy atom.